The molecule has 0 spiro atoms. The van der Waals surface area contributed by atoms with Crippen LogP contribution < -0.4 is 9.47 Å². The van der Waals surface area contributed by atoms with E-state index < -0.39 is 10.0 Å². The number of hydrogen-bond acceptors (Lipinski definition) is 6. The smallest absolute Gasteiger partial charge is 0.254 e. The molecule has 178 valence electrons. The first-order chi connectivity index (χ1) is 15.8. The molecule has 2 aliphatic heterocycles. The Morgan fingerprint density at radius 2 is 1.70 bits per heavy atom. The standard InChI is InChI=1S/C24H30N2O6S/c1-4-25(16-20-6-5-7-22-23(20)31-13-12-30-22)24(27)19-8-10-21(11-9-19)33(28,29)26-14-17(2)32-18(3)15-26/h5-11,17-18H,4,12-16H2,1-3H3. The van der Waals surface area contributed by atoms with Gasteiger partial charge in [0.05, 0.1) is 17.1 Å². The van der Waals surface area contributed by atoms with Gasteiger partial charge in [0.15, 0.2) is 11.5 Å². The lowest BCUT2D eigenvalue weighted by atomic mass is 10.1. The van der Waals surface area contributed by atoms with Gasteiger partial charge in [-0.25, -0.2) is 8.42 Å². The van der Waals surface area contributed by atoms with E-state index in [2.05, 4.69) is 0 Å². The third-order valence-electron chi connectivity index (χ3n) is 5.80. The quantitative estimate of drug-likeness (QED) is 0.640. The minimum absolute atomic E-state index is 0.166. The van der Waals surface area contributed by atoms with Crippen molar-refractivity contribution in [1.82, 2.24) is 9.21 Å². The van der Waals surface area contributed by atoms with Crippen molar-refractivity contribution in [3.63, 3.8) is 0 Å². The van der Waals surface area contributed by atoms with Gasteiger partial charge in [-0.2, -0.15) is 4.31 Å². The summed E-state index contributed by atoms with van der Waals surface area (Å²) in [5, 5.41) is 0. The first-order valence-corrected chi connectivity index (χ1v) is 12.7. The summed E-state index contributed by atoms with van der Waals surface area (Å²) < 4.78 is 44.6. The normalized spacial score (nSPS) is 20.9. The van der Waals surface area contributed by atoms with Crippen molar-refractivity contribution in [3.05, 3.63) is 53.6 Å². The van der Waals surface area contributed by atoms with E-state index in [1.807, 2.05) is 39.0 Å². The first-order valence-electron chi connectivity index (χ1n) is 11.2. The summed E-state index contributed by atoms with van der Waals surface area (Å²) in [4.78, 5) is 15.0. The first kappa shape index (κ1) is 23.5. The zero-order valence-corrected chi connectivity index (χ0v) is 20.0. The number of nitrogens with zero attached hydrogens (tertiary/aromatic N) is 2. The molecule has 1 fully saturated rings. The second-order valence-corrected chi connectivity index (χ2v) is 10.3. The number of para-hydroxylation sites is 1. The Hall–Kier alpha value is -2.62. The molecule has 0 radical (unpaired) electrons. The van der Waals surface area contributed by atoms with E-state index in [4.69, 9.17) is 14.2 Å². The number of carbonyl (C=O) groups is 1. The highest BCUT2D eigenvalue weighted by atomic mass is 32.2. The van der Waals surface area contributed by atoms with Crippen molar-refractivity contribution in [2.75, 3.05) is 32.8 Å². The summed E-state index contributed by atoms with van der Waals surface area (Å²) in [6.07, 6.45) is -0.332. The predicted molar refractivity (Wildman–Crippen MR) is 123 cm³/mol. The van der Waals surface area contributed by atoms with Crippen molar-refractivity contribution in [2.45, 2.75) is 44.4 Å². The van der Waals surface area contributed by atoms with Crippen LogP contribution in [0.2, 0.25) is 0 Å². The van der Waals surface area contributed by atoms with Gasteiger partial charge in [-0.3, -0.25) is 4.79 Å². The molecule has 2 heterocycles. The minimum atomic E-state index is -3.66. The van der Waals surface area contributed by atoms with E-state index in [0.717, 1.165) is 5.56 Å². The van der Waals surface area contributed by atoms with Gasteiger partial charge in [0, 0.05) is 37.3 Å². The van der Waals surface area contributed by atoms with Gasteiger partial charge in [-0.15, -0.1) is 0 Å². The summed E-state index contributed by atoms with van der Waals surface area (Å²) >= 11 is 0. The monoisotopic (exact) mass is 474 g/mol. The Bertz CT molecular complexity index is 1090. The highest BCUT2D eigenvalue weighted by Gasteiger charge is 2.32. The molecule has 1 saturated heterocycles. The van der Waals surface area contributed by atoms with E-state index >= 15 is 0 Å². The maximum absolute atomic E-state index is 13.2. The fourth-order valence-electron chi connectivity index (χ4n) is 4.22. The van der Waals surface area contributed by atoms with Gasteiger partial charge >= 0.3 is 0 Å². The van der Waals surface area contributed by atoms with Crippen LogP contribution in [0.25, 0.3) is 0 Å². The van der Waals surface area contributed by atoms with E-state index in [0.29, 0.717) is 56.5 Å². The van der Waals surface area contributed by atoms with Crippen molar-refractivity contribution >= 4 is 15.9 Å². The van der Waals surface area contributed by atoms with Crippen LogP contribution in [0.4, 0.5) is 0 Å². The Kier molecular flexibility index (Phi) is 6.92. The van der Waals surface area contributed by atoms with Crippen LogP contribution in [-0.2, 0) is 21.3 Å². The fourth-order valence-corrected chi connectivity index (χ4v) is 5.81. The van der Waals surface area contributed by atoms with Crippen LogP contribution >= 0.6 is 0 Å². The summed E-state index contributed by atoms with van der Waals surface area (Å²) in [6, 6.07) is 11.8. The molecule has 2 unspecified atom stereocenters. The largest absolute Gasteiger partial charge is 0.486 e. The number of rotatable bonds is 6. The van der Waals surface area contributed by atoms with Crippen molar-refractivity contribution < 1.29 is 27.4 Å². The lowest BCUT2D eigenvalue weighted by molar-refractivity contribution is -0.0440. The average molecular weight is 475 g/mol. The number of hydrogen-bond donors (Lipinski definition) is 0. The molecule has 0 bridgehead atoms. The summed E-state index contributed by atoms with van der Waals surface area (Å²) in [5.74, 6) is 1.18. The lowest BCUT2D eigenvalue weighted by Crippen LogP contribution is -2.48. The van der Waals surface area contributed by atoms with Gasteiger partial charge in [-0.05, 0) is 51.1 Å². The zero-order chi connectivity index (χ0) is 23.6. The topological polar surface area (TPSA) is 85.4 Å². The maximum Gasteiger partial charge on any atom is 0.254 e. The van der Waals surface area contributed by atoms with Gasteiger partial charge < -0.3 is 19.1 Å². The lowest BCUT2D eigenvalue weighted by Gasteiger charge is -2.34. The number of amides is 1. The van der Waals surface area contributed by atoms with Crippen molar-refractivity contribution in [2.24, 2.45) is 0 Å². The van der Waals surface area contributed by atoms with Gasteiger partial charge in [0.1, 0.15) is 13.2 Å². The van der Waals surface area contributed by atoms with Crippen LogP contribution in [0.5, 0.6) is 11.5 Å². The molecule has 2 aliphatic rings. The van der Waals surface area contributed by atoms with E-state index in [-0.39, 0.29) is 23.0 Å². The molecule has 2 aromatic carbocycles. The molecular formula is C24H30N2O6S. The molecular weight excluding hydrogens is 444 g/mol. The number of benzene rings is 2. The number of fused-ring (bicyclic) bond motifs is 1. The third-order valence-corrected chi connectivity index (χ3v) is 7.65. The van der Waals surface area contributed by atoms with Gasteiger partial charge in [0.25, 0.3) is 5.91 Å². The van der Waals surface area contributed by atoms with Gasteiger partial charge in [-0.1, -0.05) is 12.1 Å². The Morgan fingerprint density at radius 1 is 1.03 bits per heavy atom. The third kappa shape index (κ3) is 5.00. The Balaban J connectivity index is 1.50. The van der Waals surface area contributed by atoms with Crippen LogP contribution in [0, 0.1) is 0 Å². The molecule has 0 aromatic heterocycles. The zero-order valence-electron chi connectivity index (χ0n) is 19.2. The molecule has 9 heteroatoms. The van der Waals surface area contributed by atoms with Crippen LogP contribution in [0.1, 0.15) is 36.7 Å². The van der Waals surface area contributed by atoms with E-state index in [1.54, 1.807) is 17.0 Å². The number of sulfonamides is 1. The molecule has 1 amide bonds. The molecule has 8 nitrogen and oxygen atoms in total. The second kappa shape index (κ2) is 9.70. The molecule has 2 atom stereocenters. The highest BCUT2D eigenvalue weighted by molar-refractivity contribution is 7.89. The summed E-state index contributed by atoms with van der Waals surface area (Å²) in [7, 11) is -3.66. The molecule has 4 rings (SSSR count). The number of morpholine rings is 1. The van der Waals surface area contributed by atoms with Gasteiger partial charge in [0.2, 0.25) is 10.0 Å². The highest BCUT2D eigenvalue weighted by Crippen LogP contribution is 2.34. The minimum Gasteiger partial charge on any atom is -0.486 e. The van der Waals surface area contributed by atoms with Crippen LogP contribution in [-0.4, -0.2) is 68.6 Å². The second-order valence-electron chi connectivity index (χ2n) is 8.36. The Morgan fingerprint density at radius 3 is 2.36 bits per heavy atom. The fraction of sp³-hybridized carbons (Fsp3) is 0.458. The molecule has 2 aromatic rings. The SMILES string of the molecule is CCN(Cc1cccc2c1OCCO2)C(=O)c1ccc(S(=O)(=O)N2CC(C)OC(C)C2)cc1. The summed E-state index contributed by atoms with van der Waals surface area (Å²) in [6.45, 7) is 8.09. The summed E-state index contributed by atoms with van der Waals surface area (Å²) in [5.41, 5.74) is 1.30. The van der Waals surface area contributed by atoms with Crippen molar-refractivity contribution in [1.29, 1.82) is 0 Å². The van der Waals surface area contributed by atoms with Crippen LogP contribution in [0.15, 0.2) is 47.4 Å². The molecule has 0 aliphatic carbocycles. The average Bonchev–Trinajstić information content (AvgIpc) is 2.81. The van der Waals surface area contributed by atoms with E-state index in [9.17, 15) is 13.2 Å². The molecule has 33 heavy (non-hydrogen) atoms. The van der Waals surface area contributed by atoms with Crippen molar-refractivity contribution in [3.8, 4) is 11.5 Å². The van der Waals surface area contributed by atoms with E-state index in [1.165, 1.54) is 16.4 Å². The predicted octanol–water partition coefficient (Wildman–Crippen LogP) is 2.92. The maximum atomic E-state index is 13.2. The number of carbonyl (C=O) groups excluding carboxylic acids is 1. The van der Waals surface area contributed by atoms with Crippen LogP contribution in [0.3, 0.4) is 0 Å². The Labute approximate surface area is 195 Å². The molecule has 0 saturated carbocycles. The molecule has 0 N–H and O–H groups in total. The number of ether oxygens (including phenoxy) is 3.